The first kappa shape index (κ1) is 25.0. The summed E-state index contributed by atoms with van der Waals surface area (Å²) in [6.45, 7) is 2.60. The van der Waals surface area contributed by atoms with Crippen LogP contribution >= 0.6 is 0 Å². The van der Waals surface area contributed by atoms with E-state index in [1.165, 1.54) is 6.07 Å². The van der Waals surface area contributed by atoms with Crippen molar-refractivity contribution in [3.63, 3.8) is 0 Å². The molecule has 0 unspecified atom stereocenters. The molecule has 37 heavy (non-hydrogen) atoms. The molecular weight excluding hydrogens is 479 g/mol. The van der Waals surface area contributed by atoms with Gasteiger partial charge in [-0.15, -0.1) is 0 Å². The van der Waals surface area contributed by atoms with Crippen LogP contribution in [0.25, 0.3) is 11.1 Å². The number of nitrogens with zero attached hydrogens (tertiary/aromatic N) is 3. The molecule has 2 aliphatic rings. The molecule has 5 rings (SSSR count). The first-order valence-electron chi connectivity index (χ1n) is 12.3. The summed E-state index contributed by atoms with van der Waals surface area (Å²) < 4.78 is 39.1. The Morgan fingerprint density at radius 3 is 2.05 bits per heavy atom. The summed E-state index contributed by atoms with van der Waals surface area (Å²) in [5.74, 6) is -0.0389. The van der Waals surface area contributed by atoms with Gasteiger partial charge in [-0.25, -0.2) is 0 Å². The molecule has 0 saturated carbocycles. The van der Waals surface area contributed by atoms with Gasteiger partial charge in [0.05, 0.1) is 5.56 Å². The first-order chi connectivity index (χ1) is 17.7. The summed E-state index contributed by atoms with van der Waals surface area (Å²) in [7, 11) is 2.05. The Labute approximate surface area is 214 Å². The monoisotopic (exact) mass is 507 g/mol. The summed E-state index contributed by atoms with van der Waals surface area (Å²) in [5, 5.41) is 0. The molecule has 0 bridgehead atoms. The maximum absolute atomic E-state index is 13.0. The summed E-state index contributed by atoms with van der Waals surface area (Å²) in [6.07, 6.45) is -3.50. The zero-order chi connectivity index (χ0) is 26.2. The number of carbonyl (C=O) groups is 2. The first-order valence-corrected chi connectivity index (χ1v) is 12.3. The molecule has 0 spiro atoms. The largest absolute Gasteiger partial charge is 0.416 e. The molecule has 2 heterocycles. The predicted molar refractivity (Wildman–Crippen MR) is 135 cm³/mol. The highest BCUT2D eigenvalue weighted by molar-refractivity contribution is 5.95. The number of benzene rings is 3. The molecule has 3 aromatic carbocycles. The van der Waals surface area contributed by atoms with E-state index in [1.54, 1.807) is 35.2 Å². The van der Waals surface area contributed by atoms with E-state index in [0.29, 0.717) is 41.9 Å². The number of halogens is 3. The molecule has 0 aromatic heterocycles. The zero-order valence-corrected chi connectivity index (χ0v) is 20.5. The smallest absolute Gasteiger partial charge is 0.337 e. The zero-order valence-electron chi connectivity index (χ0n) is 20.5. The number of likely N-dealkylation sites (N-methyl/N-ethyl adjacent to an activating group) is 1. The van der Waals surface area contributed by atoms with Crippen LogP contribution in [0.4, 0.5) is 13.2 Å². The third-order valence-corrected chi connectivity index (χ3v) is 7.43. The maximum atomic E-state index is 13.0. The van der Waals surface area contributed by atoms with E-state index in [4.69, 9.17) is 0 Å². The molecule has 0 aliphatic carbocycles. The van der Waals surface area contributed by atoms with E-state index in [9.17, 15) is 22.8 Å². The van der Waals surface area contributed by atoms with Crippen LogP contribution in [-0.4, -0.2) is 71.8 Å². The SMILES string of the molecule is CN(C1CN(C(=O)c2ccc(-c3cccc(C(F)(F)F)c3)cc2)C1)[C@H]1CCN(C(=O)c2ccccc2)C1. The average molecular weight is 508 g/mol. The van der Waals surface area contributed by atoms with Gasteiger partial charge in [0.15, 0.2) is 0 Å². The molecular formula is C29H28F3N3O2. The number of alkyl halides is 3. The molecule has 0 radical (unpaired) electrons. The van der Waals surface area contributed by atoms with Gasteiger partial charge >= 0.3 is 6.18 Å². The number of rotatable bonds is 5. The van der Waals surface area contributed by atoms with Gasteiger partial charge in [-0.3, -0.25) is 14.5 Å². The second kappa shape index (κ2) is 10.0. The van der Waals surface area contributed by atoms with Crippen molar-refractivity contribution in [1.82, 2.24) is 14.7 Å². The van der Waals surface area contributed by atoms with Crippen molar-refractivity contribution >= 4 is 11.8 Å². The van der Waals surface area contributed by atoms with Crippen molar-refractivity contribution in [1.29, 1.82) is 0 Å². The second-order valence-electron chi connectivity index (χ2n) is 9.75. The molecule has 5 nitrogen and oxygen atoms in total. The fraction of sp³-hybridized carbons (Fsp3) is 0.310. The highest BCUT2D eigenvalue weighted by atomic mass is 19.4. The molecule has 2 saturated heterocycles. The molecule has 8 heteroatoms. The summed E-state index contributed by atoms with van der Waals surface area (Å²) in [6, 6.07) is 21.6. The molecule has 192 valence electrons. The van der Waals surface area contributed by atoms with Crippen LogP contribution in [0.1, 0.15) is 32.7 Å². The van der Waals surface area contributed by atoms with E-state index in [0.717, 1.165) is 25.1 Å². The van der Waals surface area contributed by atoms with Crippen LogP contribution in [0, 0.1) is 0 Å². The molecule has 2 amide bonds. The van der Waals surface area contributed by atoms with E-state index < -0.39 is 11.7 Å². The van der Waals surface area contributed by atoms with Crippen LogP contribution in [0.2, 0.25) is 0 Å². The molecule has 0 N–H and O–H groups in total. The van der Waals surface area contributed by atoms with Gasteiger partial charge in [0, 0.05) is 49.4 Å². The fourth-order valence-electron chi connectivity index (χ4n) is 5.06. The molecule has 2 aliphatic heterocycles. The van der Waals surface area contributed by atoms with Gasteiger partial charge in [-0.1, -0.05) is 42.5 Å². The lowest BCUT2D eigenvalue weighted by Crippen LogP contribution is -2.62. The number of likely N-dealkylation sites (tertiary alicyclic amines) is 2. The minimum Gasteiger partial charge on any atom is -0.337 e. The Balaban J connectivity index is 1.15. The highest BCUT2D eigenvalue weighted by Gasteiger charge is 2.39. The third-order valence-electron chi connectivity index (χ3n) is 7.43. The van der Waals surface area contributed by atoms with Gasteiger partial charge in [-0.05, 0) is 61.0 Å². The third kappa shape index (κ3) is 5.25. The Morgan fingerprint density at radius 2 is 1.38 bits per heavy atom. The van der Waals surface area contributed by atoms with E-state index in [2.05, 4.69) is 11.9 Å². The minimum absolute atomic E-state index is 0.0514. The average Bonchev–Trinajstić information content (AvgIpc) is 3.38. The van der Waals surface area contributed by atoms with Gasteiger partial charge < -0.3 is 9.80 Å². The Bertz CT molecular complexity index is 1270. The van der Waals surface area contributed by atoms with Crippen LogP contribution in [0.5, 0.6) is 0 Å². The van der Waals surface area contributed by atoms with Crippen LogP contribution in [-0.2, 0) is 6.18 Å². The summed E-state index contributed by atoms with van der Waals surface area (Å²) in [5.41, 5.74) is 1.59. The van der Waals surface area contributed by atoms with Crippen LogP contribution in [0.15, 0.2) is 78.9 Å². The van der Waals surface area contributed by atoms with Gasteiger partial charge in [0.2, 0.25) is 0 Å². The van der Waals surface area contributed by atoms with E-state index >= 15 is 0 Å². The molecule has 3 aromatic rings. The Kier molecular flexibility index (Phi) is 6.77. The van der Waals surface area contributed by atoms with Crippen molar-refractivity contribution in [3.8, 4) is 11.1 Å². The predicted octanol–water partition coefficient (Wildman–Crippen LogP) is 5.04. The quantitative estimate of drug-likeness (QED) is 0.486. The fourth-order valence-corrected chi connectivity index (χ4v) is 5.06. The molecule has 2 fully saturated rings. The standard InChI is InChI=1S/C29H28F3N3O2/c1-33(25-14-15-34(17-25)27(36)21-6-3-2-4-7-21)26-18-35(19-26)28(37)22-12-10-20(11-13-22)23-8-5-9-24(16-23)29(30,31)32/h2-13,16,25-26H,14-15,17-19H2,1H3/t25-/m0/s1. The topological polar surface area (TPSA) is 43.9 Å². The lowest BCUT2D eigenvalue weighted by atomic mass is 9.99. The van der Waals surface area contributed by atoms with Crippen LogP contribution < -0.4 is 0 Å². The van der Waals surface area contributed by atoms with Crippen molar-refractivity contribution in [2.75, 3.05) is 33.2 Å². The van der Waals surface area contributed by atoms with Gasteiger partial charge in [0.1, 0.15) is 0 Å². The minimum atomic E-state index is -4.40. The van der Waals surface area contributed by atoms with Crippen molar-refractivity contribution in [3.05, 3.63) is 95.6 Å². The lowest BCUT2D eigenvalue weighted by Gasteiger charge is -2.46. The lowest BCUT2D eigenvalue weighted by molar-refractivity contribution is -0.137. The van der Waals surface area contributed by atoms with Crippen molar-refractivity contribution in [2.24, 2.45) is 0 Å². The number of hydrogen-bond donors (Lipinski definition) is 0. The summed E-state index contributed by atoms with van der Waals surface area (Å²) in [4.78, 5) is 31.6. The van der Waals surface area contributed by atoms with Crippen LogP contribution in [0.3, 0.4) is 0 Å². The van der Waals surface area contributed by atoms with Gasteiger partial charge in [-0.2, -0.15) is 13.2 Å². The maximum Gasteiger partial charge on any atom is 0.416 e. The highest BCUT2D eigenvalue weighted by Crippen LogP contribution is 2.32. The van der Waals surface area contributed by atoms with Gasteiger partial charge in [0.25, 0.3) is 11.8 Å². The number of carbonyl (C=O) groups excluding carboxylic acids is 2. The number of hydrogen-bond acceptors (Lipinski definition) is 3. The Hall–Kier alpha value is -3.65. The summed E-state index contributed by atoms with van der Waals surface area (Å²) >= 11 is 0. The number of amides is 2. The van der Waals surface area contributed by atoms with E-state index in [-0.39, 0.29) is 23.9 Å². The normalized spacial score (nSPS) is 18.2. The van der Waals surface area contributed by atoms with Crippen molar-refractivity contribution in [2.45, 2.75) is 24.7 Å². The Morgan fingerprint density at radius 1 is 0.757 bits per heavy atom. The van der Waals surface area contributed by atoms with E-state index in [1.807, 2.05) is 35.2 Å². The van der Waals surface area contributed by atoms with Crippen molar-refractivity contribution < 1.29 is 22.8 Å². The second-order valence-corrected chi connectivity index (χ2v) is 9.75. The molecule has 1 atom stereocenters.